The Balaban J connectivity index is 2.14. The molecule has 20 heavy (non-hydrogen) atoms. The van der Waals surface area contributed by atoms with Crippen molar-refractivity contribution < 1.29 is 14.6 Å². The molecule has 1 N–H and O–H groups in total. The molecule has 2 rings (SSSR count). The molecule has 3 heteroatoms. The molecule has 0 heterocycles. The highest BCUT2D eigenvalue weighted by Crippen LogP contribution is 2.25. The Labute approximate surface area is 119 Å². The molecule has 0 bridgehead atoms. The maximum atomic E-state index is 9.39. The monoisotopic (exact) mass is 272 g/mol. The van der Waals surface area contributed by atoms with E-state index < -0.39 is 0 Å². The number of methoxy groups -OCH3 is 1. The van der Waals surface area contributed by atoms with E-state index >= 15 is 0 Å². The van der Waals surface area contributed by atoms with E-state index in [9.17, 15) is 5.11 Å². The number of ether oxygens (including phenoxy) is 2. The topological polar surface area (TPSA) is 38.7 Å². The maximum absolute atomic E-state index is 9.39. The molecular formula is C17H20O3. The average molecular weight is 272 g/mol. The predicted molar refractivity (Wildman–Crippen MR) is 79.2 cm³/mol. The number of benzene rings is 2. The van der Waals surface area contributed by atoms with Gasteiger partial charge in [-0.2, -0.15) is 0 Å². The van der Waals surface area contributed by atoms with E-state index in [1.54, 1.807) is 13.2 Å². The Morgan fingerprint density at radius 2 is 1.70 bits per heavy atom. The van der Waals surface area contributed by atoms with Gasteiger partial charge in [-0.15, -0.1) is 0 Å². The predicted octanol–water partition coefficient (Wildman–Crippen LogP) is 3.38. The van der Waals surface area contributed by atoms with Gasteiger partial charge in [0.05, 0.1) is 13.7 Å². The van der Waals surface area contributed by atoms with Crippen molar-refractivity contribution in [3.8, 4) is 11.5 Å². The second kappa shape index (κ2) is 6.44. The van der Waals surface area contributed by atoms with Gasteiger partial charge in [0.25, 0.3) is 0 Å². The molecule has 0 fully saturated rings. The SMILES string of the molecule is COc1ccc(OCc2cc(C)cc(C)c2)c(CO)c1. The molecular weight excluding hydrogens is 252 g/mol. The summed E-state index contributed by atoms with van der Waals surface area (Å²) in [6.07, 6.45) is 0. The third-order valence-electron chi connectivity index (χ3n) is 3.11. The third-order valence-corrected chi connectivity index (χ3v) is 3.11. The highest BCUT2D eigenvalue weighted by Gasteiger charge is 2.06. The lowest BCUT2D eigenvalue weighted by Gasteiger charge is -2.12. The van der Waals surface area contributed by atoms with Crippen molar-refractivity contribution in [1.82, 2.24) is 0 Å². The van der Waals surface area contributed by atoms with Crippen LogP contribution in [0.3, 0.4) is 0 Å². The Hall–Kier alpha value is -2.00. The van der Waals surface area contributed by atoms with Crippen LogP contribution in [-0.2, 0) is 13.2 Å². The van der Waals surface area contributed by atoms with Crippen LogP contribution >= 0.6 is 0 Å². The fourth-order valence-electron chi connectivity index (χ4n) is 2.26. The molecule has 3 nitrogen and oxygen atoms in total. The van der Waals surface area contributed by atoms with Crippen molar-refractivity contribution in [3.05, 3.63) is 58.7 Å². The van der Waals surface area contributed by atoms with E-state index in [0.29, 0.717) is 18.1 Å². The van der Waals surface area contributed by atoms with Gasteiger partial charge in [0.1, 0.15) is 18.1 Å². The van der Waals surface area contributed by atoms with Gasteiger partial charge in [0, 0.05) is 5.56 Å². The van der Waals surface area contributed by atoms with Crippen LogP contribution in [0.25, 0.3) is 0 Å². The molecule has 0 amide bonds. The molecule has 0 spiro atoms. The largest absolute Gasteiger partial charge is 0.497 e. The van der Waals surface area contributed by atoms with Crippen LogP contribution in [0.15, 0.2) is 36.4 Å². The fraction of sp³-hybridized carbons (Fsp3) is 0.294. The zero-order chi connectivity index (χ0) is 14.5. The number of aliphatic hydroxyl groups excluding tert-OH is 1. The number of aliphatic hydroxyl groups is 1. The lowest BCUT2D eigenvalue weighted by molar-refractivity contribution is 0.258. The number of hydrogen-bond donors (Lipinski definition) is 1. The molecule has 0 aliphatic carbocycles. The smallest absolute Gasteiger partial charge is 0.125 e. The molecule has 106 valence electrons. The van der Waals surface area contributed by atoms with Crippen molar-refractivity contribution in [2.45, 2.75) is 27.1 Å². The zero-order valence-corrected chi connectivity index (χ0v) is 12.1. The van der Waals surface area contributed by atoms with Crippen LogP contribution in [0.5, 0.6) is 11.5 Å². The molecule has 0 atom stereocenters. The first kappa shape index (κ1) is 14.4. The van der Waals surface area contributed by atoms with Crippen LogP contribution in [0.2, 0.25) is 0 Å². The summed E-state index contributed by atoms with van der Waals surface area (Å²) < 4.78 is 10.9. The molecule has 2 aromatic rings. The Kier molecular flexibility index (Phi) is 4.64. The summed E-state index contributed by atoms with van der Waals surface area (Å²) >= 11 is 0. The molecule has 0 aliphatic rings. The van der Waals surface area contributed by atoms with Gasteiger partial charge in [-0.05, 0) is 37.6 Å². The van der Waals surface area contributed by atoms with Gasteiger partial charge in [0.15, 0.2) is 0 Å². The standard InChI is InChI=1S/C17H20O3/c1-12-6-13(2)8-14(7-12)11-20-17-5-4-16(19-3)9-15(17)10-18/h4-9,18H,10-11H2,1-3H3. The molecule has 0 aliphatic heterocycles. The summed E-state index contributed by atoms with van der Waals surface area (Å²) in [5.41, 5.74) is 4.30. The van der Waals surface area contributed by atoms with E-state index in [2.05, 4.69) is 32.0 Å². The molecule has 0 saturated carbocycles. The number of rotatable bonds is 5. The maximum Gasteiger partial charge on any atom is 0.125 e. The van der Waals surface area contributed by atoms with E-state index in [-0.39, 0.29) is 6.61 Å². The highest BCUT2D eigenvalue weighted by atomic mass is 16.5. The van der Waals surface area contributed by atoms with Gasteiger partial charge in [0.2, 0.25) is 0 Å². The first-order valence-electron chi connectivity index (χ1n) is 6.60. The van der Waals surface area contributed by atoms with Crippen molar-refractivity contribution in [2.24, 2.45) is 0 Å². The van der Waals surface area contributed by atoms with Gasteiger partial charge < -0.3 is 14.6 Å². The van der Waals surface area contributed by atoms with Crippen LogP contribution in [0.4, 0.5) is 0 Å². The second-order valence-corrected chi connectivity index (χ2v) is 4.92. The van der Waals surface area contributed by atoms with Gasteiger partial charge in [-0.1, -0.05) is 29.3 Å². The van der Waals surface area contributed by atoms with Gasteiger partial charge >= 0.3 is 0 Å². The number of aryl methyl sites for hydroxylation is 2. The van der Waals surface area contributed by atoms with Crippen LogP contribution in [0, 0.1) is 13.8 Å². The minimum atomic E-state index is -0.0701. The van der Waals surface area contributed by atoms with E-state index in [0.717, 1.165) is 11.1 Å². The quantitative estimate of drug-likeness (QED) is 0.906. The summed E-state index contributed by atoms with van der Waals surface area (Å²) in [7, 11) is 1.60. The summed E-state index contributed by atoms with van der Waals surface area (Å²) in [5, 5.41) is 9.39. The minimum Gasteiger partial charge on any atom is -0.497 e. The third kappa shape index (κ3) is 3.52. The van der Waals surface area contributed by atoms with Crippen LogP contribution in [0.1, 0.15) is 22.3 Å². The summed E-state index contributed by atoms with van der Waals surface area (Å²) in [5.74, 6) is 1.40. The Morgan fingerprint density at radius 1 is 1.00 bits per heavy atom. The summed E-state index contributed by atoms with van der Waals surface area (Å²) in [6, 6.07) is 11.8. The van der Waals surface area contributed by atoms with Gasteiger partial charge in [-0.25, -0.2) is 0 Å². The first-order valence-corrected chi connectivity index (χ1v) is 6.60. The number of hydrogen-bond acceptors (Lipinski definition) is 3. The summed E-state index contributed by atoms with van der Waals surface area (Å²) in [4.78, 5) is 0. The lowest BCUT2D eigenvalue weighted by Crippen LogP contribution is -2.00. The fourth-order valence-corrected chi connectivity index (χ4v) is 2.26. The van der Waals surface area contributed by atoms with Gasteiger partial charge in [-0.3, -0.25) is 0 Å². The second-order valence-electron chi connectivity index (χ2n) is 4.92. The van der Waals surface area contributed by atoms with Crippen molar-refractivity contribution in [3.63, 3.8) is 0 Å². The highest BCUT2D eigenvalue weighted by molar-refractivity contribution is 5.40. The molecule has 0 aromatic heterocycles. The molecule has 0 radical (unpaired) electrons. The Morgan fingerprint density at radius 3 is 2.30 bits per heavy atom. The van der Waals surface area contributed by atoms with Crippen molar-refractivity contribution >= 4 is 0 Å². The normalized spacial score (nSPS) is 10.4. The van der Waals surface area contributed by atoms with E-state index in [4.69, 9.17) is 9.47 Å². The minimum absolute atomic E-state index is 0.0701. The van der Waals surface area contributed by atoms with Crippen molar-refractivity contribution in [1.29, 1.82) is 0 Å². The van der Waals surface area contributed by atoms with Crippen molar-refractivity contribution in [2.75, 3.05) is 7.11 Å². The summed E-state index contributed by atoms with van der Waals surface area (Å²) in [6.45, 7) is 4.56. The first-order chi connectivity index (χ1) is 9.62. The van der Waals surface area contributed by atoms with E-state index in [1.165, 1.54) is 11.1 Å². The molecule has 2 aromatic carbocycles. The zero-order valence-electron chi connectivity index (χ0n) is 12.1. The van der Waals surface area contributed by atoms with Crippen LogP contribution < -0.4 is 9.47 Å². The lowest BCUT2D eigenvalue weighted by atomic mass is 10.1. The molecule has 0 unspecified atom stereocenters. The average Bonchev–Trinajstić information content (AvgIpc) is 2.44. The van der Waals surface area contributed by atoms with E-state index in [1.807, 2.05) is 12.1 Å². The Bertz CT molecular complexity index is 571. The molecule has 0 saturated heterocycles. The van der Waals surface area contributed by atoms with Crippen LogP contribution in [-0.4, -0.2) is 12.2 Å².